The number of aromatic nitrogens is 1. The number of nitrogens with one attached hydrogen (secondary N) is 2. The largest absolute Gasteiger partial charge is 0.508 e. The van der Waals surface area contributed by atoms with Crippen molar-refractivity contribution in [1.29, 1.82) is 0 Å². The van der Waals surface area contributed by atoms with Crippen LogP contribution in [-0.2, 0) is 13.0 Å². The number of benzene rings is 2. The number of aromatic amines is 1. The van der Waals surface area contributed by atoms with Crippen LogP contribution in [0.1, 0.15) is 11.3 Å². The van der Waals surface area contributed by atoms with Gasteiger partial charge < -0.3 is 20.3 Å². The van der Waals surface area contributed by atoms with E-state index in [1.54, 1.807) is 11.0 Å². The Morgan fingerprint density at radius 1 is 1.20 bits per heavy atom. The topological polar surface area (TPSA) is 68.4 Å². The van der Waals surface area contributed by atoms with Crippen LogP contribution in [0.2, 0.25) is 10.0 Å². The molecule has 4 rings (SSSR count). The summed E-state index contributed by atoms with van der Waals surface area (Å²) in [7, 11) is 0. The number of hydrogen-bond acceptors (Lipinski definition) is 2. The molecule has 1 aliphatic rings. The van der Waals surface area contributed by atoms with Gasteiger partial charge in [-0.25, -0.2) is 4.79 Å². The second-order valence-electron chi connectivity index (χ2n) is 6.04. The summed E-state index contributed by atoms with van der Waals surface area (Å²) in [5.41, 5.74) is 3.73. The van der Waals surface area contributed by atoms with Gasteiger partial charge in [-0.15, -0.1) is 0 Å². The van der Waals surface area contributed by atoms with Gasteiger partial charge in [0.1, 0.15) is 5.75 Å². The number of carbonyl (C=O) groups excluding carboxylic acids is 1. The average molecular weight is 376 g/mol. The van der Waals surface area contributed by atoms with Crippen molar-refractivity contribution < 1.29 is 9.90 Å². The van der Waals surface area contributed by atoms with Gasteiger partial charge in [-0.3, -0.25) is 0 Å². The van der Waals surface area contributed by atoms with Crippen molar-refractivity contribution in [2.75, 3.05) is 11.9 Å². The maximum atomic E-state index is 12.5. The predicted octanol–water partition coefficient (Wildman–Crippen LogP) is 4.77. The number of H-pyrrole nitrogens is 1. The standard InChI is InChI=1S/C18H15Cl2N3O2/c19-10-1-3-15-13(7-10)12-5-6-23(9-17(12)21-15)18(25)22-16-4-2-11(24)8-14(16)20/h1-4,7-8,21,24H,5-6,9H2,(H,22,25). The number of carbonyl (C=O) groups is 1. The molecule has 5 nitrogen and oxygen atoms in total. The van der Waals surface area contributed by atoms with E-state index in [9.17, 15) is 9.90 Å². The highest BCUT2D eigenvalue weighted by molar-refractivity contribution is 6.33. The zero-order valence-electron chi connectivity index (χ0n) is 13.1. The van der Waals surface area contributed by atoms with E-state index in [0.29, 0.717) is 28.8 Å². The number of hydrogen-bond donors (Lipinski definition) is 3. The Balaban J connectivity index is 1.55. The van der Waals surface area contributed by atoms with E-state index in [0.717, 1.165) is 23.0 Å². The van der Waals surface area contributed by atoms with Crippen molar-refractivity contribution in [3.8, 4) is 5.75 Å². The minimum atomic E-state index is -0.227. The molecule has 2 amide bonds. The number of halogens is 2. The van der Waals surface area contributed by atoms with Crippen LogP contribution in [0.15, 0.2) is 36.4 Å². The highest BCUT2D eigenvalue weighted by Gasteiger charge is 2.24. The van der Waals surface area contributed by atoms with E-state index in [1.807, 2.05) is 18.2 Å². The Bertz CT molecular complexity index is 984. The number of fused-ring (bicyclic) bond motifs is 3. The molecule has 2 heterocycles. The average Bonchev–Trinajstić information content (AvgIpc) is 2.94. The minimum absolute atomic E-state index is 0.0577. The molecule has 0 saturated heterocycles. The fraction of sp³-hybridized carbons (Fsp3) is 0.167. The first-order chi connectivity index (χ1) is 12.0. The van der Waals surface area contributed by atoms with Gasteiger partial charge in [0, 0.05) is 34.2 Å². The quantitative estimate of drug-likeness (QED) is 0.536. The summed E-state index contributed by atoms with van der Waals surface area (Å²) in [5, 5.41) is 14.3. The molecule has 7 heteroatoms. The van der Waals surface area contributed by atoms with E-state index < -0.39 is 0 Å². The van der Waals surface area contributed by atoms with Crippen LogP contribution in [-0.4, -0.2) is 27.6 Å². The van der Waals surface area contributed by atoms with Crippen molar-refractivity contribution in [2.24, 2.45) is 0 Å². The molecule has 1 aliphatic heterocycles. The van der Waals surface area contributed by atoms with Crippen molar-refractivity contribution >= 4 is 45.8 Å². The minimum Gasteiger partial charge on any atom is -0.508 e. The maximum Gasteiger partial charge on any atom is 0.322 e. The Labute approximate surface area is 154 Å². The molecule has 0 radical (unpaired) electrons. The van der Waals surface area contributed by atoms with E-state index in [1.165, 1.54) is 17.7 Å². The number of urea groups is 1. The third kappa shape index (κ3) is 3.01. The fourth-order valence-electron chi connectivity index (χ4n) is 3.19. The van der Waals surface area contributed by atoms with E-state index >= 15 is 0 Å². The molecule has 3 N–H and O–H groups in total. The predicted molar refractivity (Wildman–Crippen MR) is 99.6 cm³/mol. The first-order valence-corrected chi connectivity index (χ1v) is 8.60. The third-order valence-corrected chi connectivity index (χ3v) is 4.97. The van der Waals surface area contributed by atoms with Gasteiger partial charge in [0.2, 0.25) is 0 Å². The summed E-state index contributed by atoms with van der Waals surface area (Å²) >= 11 is 12.1. The lowest BCUT2D eigenvalue weighted by Gasteiger charge is -2.27. The van der Waals surface area contributed by atoms with Crippen LogP contribution >= 0.6 is 23.2 Å². The van der Waals surface area contributed by atoms with Gasteiger partial charge >= 0.3 is 6.03 Å². The highest BCUT2D eigenvalue weighted by Crippen LogP contribution is 2.30. The van der Waals surface area contributed by atoms with Gasteiger partial charge in [-0.2, -0.15) is 0 Å². The van der Waals surface area contributed by atoms with E-state index in [-0.39, 0.29) is 11.8 Å². The lowest BCUT2D eigenvalue weighted by Crippen LogP contribution is -2.38. The molecule has 2 aromatic carbocycles. The second-order valence-corrected chi connectivity index (χ2v) is 6.88. The summed E-state index contributed by atoms with van der Waals surface area (Å²) in [6, 6.07) is 9.99. The zero-order valence-corrected chi connectivity index (χ0v) is 14.7. The van der Waals surface area contributed by atoms with Crippen LogP contribution in [0.3, 0.4) is 0 Å². The van der Waals surface area contributed by atoms with Gasteiger partial charge in [0.25, 0.3) is 0 Å². The smallest absolute Gasteiger partial charge is 0.322 e. The molecule has 0 bridgehead atoms. The lowest BCUT2D eigenvalue weighted by molar-refractivity contribution is 0.206. The van der Waals surface area contributed by atoms with Crippen molar-refractivity contribution in [3.05, 3.63) is 57.7 Å². The number of phenolic OH excluding ortho intramolecular Hbond substituents is 1. The van der Waals surface area contributed by atoms with E-state index in [2.05, 4.69) is 10.3 Å². The molecule has 0 unspecified atom stereocenters. The number of amides is 2. The third-order valence-electron chi connectivity index (χ3n) is 4.42. The zero-order chi connectivity index (χ0) is 17.6. The molecular weight excluding hydrogens is 361 g/mol. The second kappa shape index (κ2) is 6.17. The normalized spacial score (nSPS) is 13.8. The summed E-state index contributed by atoms with van der Waals surface area (Å²) in [4.78, 5) is 17.6. The number of aromatic hydroxyl groups is 1. The molecule has 128 valence electrons. The van der Waals surface area contributed by atoms with Crippen molar-refractivity contribution in [3.63, 3.8) is 0 Å². The Morgan fingerprint density at radius 3 is 2.84 bits per heavy atom. The van der Waals surface area contributed by atoms with Crippen molar-refractivity contribution in [1.82, 2.24) is 9.88 Å². The fourth-order valence-corrected chi connectivity index (χ4v) is 3.58. The molecule has 0 atom stereocenters. The number of rotatable bonds is 1. The Hall–Kier alpha value is -2.37. The van der Waals surface area contributed by atoms with Crippen LogP contribution in [0.4, 0.5) is 10.5 Å². The van der Waals surface area contributed by atoms with Gasteiger partial charge in [0.05, 0.1) is 17.3 Å². The van der Waals surface area contributed by atoms with Crippen molar-refractivity contribution in [2.45, 2.75) is 13.0 Å². The monoisotopic (exact) mass is 375 g/mol. The highest BCUT2D eigenvalue weighted by atomic mass is 35.5. The molecule has 0 spiro atoms. The summed E-state index contributed by atoms with van der Waals surface area (Å²) in [6.45, 7) is 1.09. The molecule has 1 aromatic heterocycles. The number of anilines is 1. The number of nitrogens with zero attached hydrogens (tertiary/aromatic N) is 1. The lowest BCUT2D eigenvalue weighted by atomic mass is 10.0. The van der Waals surface area contributed by atoms with Gasteiger partial charge in [0.15, 0.2) is 0 Å². The summed E-state index contributed by atoms with van der Waals surface area (Å²) in [6.07, 6.45) is 0.756. The molecule has 0 aliphatic carbocycles. The molecule has 25 heavy (non-hydrogen) atoms. The number of phenols is 1. The molecular formula is C18H15Cl2N3O2. The van der Waals surface area contributed by atoms with Gasteiger partial charge in [-0.1, -0.05) is 23.2 Å². The van der Waals surface area contributed by atoms with Crippen LogP contribution in [0, 0.1) is 0 Å². The Kier molecular flexibility index (Phi) is 3.98. The van der Waals surface area contributed by atoms with Gasteiger partial charge in [-0.05, 0) is 42.3 Å². The van der Waals surface area contributed by atoms with Crippen LogP contribution < -0.4 is 5.32 Å². The summed E-state index contributed by atoms with van der Waals surface area (Å²) in [5.74, 6) is 0.0577. The van der Waals surface area contributed by atoms with E-state index in [4.69, 9.17) is 23.2 Å². The van der Waals surface area contributed by atoms with Crippen LogP contribution in [0.25, 0.3) is 10.9 Å². The maximum absolute atomic E-state index is 12.5. The summed E-state index contributed by atoms with van der Waals surface area (Å²) < 4.78 is 0. The first kappa shape index (κ1) is 16.1. The molecule has 0 saturated carbocycles. The Morgan fingerprint density at radius 2 is 2.04 bits per heavy atom. The first-order valence-electron chi connectivity index (χ1n) is 7.84. The molecule has 3 aromatic rings. The van der Waals surface area contributed by atoms with Crippen LogP contribution in [0.5, 0.6) is 5.75 Å². The SMILES string of the molecule is O=C(Nc1ccc(O)cc1Cl)N1CCc2c([nH]c3ccc(Cl)cc23)C1. The molecule has 0 fully saturated rings.